The number of fused-ring (bicyclic) bond motifs is 1. The van der Waals surface area contributed by atoms with Gasteiger partial charge in [0, 0.05) is 23.9 Å². The molecule has 1 atom stereocenters. The van der Waals surface area contributed by atoms with Gasteiger partial charge in [-0.3, -0.25) is 14.9 Å². The summed E-state index contributed by atoms with van der Waals surface area (Å²) in [5.41, 5.74) is 0.205. The number of rotatable bonds is 5. The number of benzene rings is 2. The van der Waals surface area contributed by atoms with Crippen molar-refractivity contribution in [3.63, 3.8) is 0 Å². The molecule has 0 unspecified atom stereocenters. The molecule has 1 N–H and O–H groups in total. The molecule has 1 aliphatic heterocycles. The number of carbonyl (C=O) groups excluding carboxylic acids is 2. The van der Waals surface area contributed by atoms with Crippen molar-refractivity contribution < 1.29 is 28.7 Å². The molecule has 0 saturated heterocycles. The first-order valence-electron chi connectivity index (χ1n) is 7.60. The van der Waals surface area contributed by atoms with Crippen LogP contribution in [-0.4, -0.2) is 29.7 Å². The van der Waals surface area contributed by atoms with Crippen molar-refractivity contribution in [1.29, 1.82) is 0 Å². The van der Waals surface area contributed by atoms with Crippen LogP contribution in [0.4, 0.5) is 11.4 Å². The van der Waals surface area contributed by atoms with Crippen molar-refractivity contribution in [2.24, 2.45) is 0 Å². The Morgan fingerprint density at radius 3 is 2.73 bits per heavy atom. The molecule has 0 radical (unpaired) electrons. The van der Waals surface area contributed by atoms with Crippen LogP contribution in [0.2, 0.25) is 0 Å². The Hall–Kier alpha value is -3.62. The fraction of sp³-hybridized carbons (Fsp3) is 0.176. The van der Waals surface area contributed by atoms with Crippen LogP contribution in [0.5, 0.6) is 11.5 Å². The van der Waals surface area contributed by atoms with Gasteiger partial charge in [-0.15, -0.1) is 0 Å². The number of anilines is 1. The third kappa shape index (κ3) is 3.72. The van der Waals surface area contributed by atoms with Gasteiger partial charge in [0.2, 0.25) is 6.79 Å². The second-order valence-corrected chi connectivity index (χ2v) is 5.41. The minimum Gasteiger partial charge on any atom is -0.454 e. The van der Waals surface area contributed by atoms with Gasteiger partial charge in [-0.2, -0.15) is 0 Å². The topological polar surface area (TPSA) is 117 Å². The average molecular weight is 358 g/mol. The highest BCUT2D eigenvalue weighted by atomic mass is 16.7. The normalized spacial score (nSPS) is 13.0. The molecule has 9 nitrogen and oxygen atoms in total. The number of ether oxygens (including phenoxy) is 3. The molecule has 0 fully saturated rings. The lowest BCUT2D eigenvalue weighted by molar-refractivity contribution is -0.384. The highest BCUT2D eigenvalue weighted by molar-refractivity contribution is 5.97. The van der Waals surface area contributed by atoms with Gasteiger partial charge in [-0.05, 0) is 25.1 Å². The SMILES string of the molecule is C[C@H](OC(=O)c1cccc([N+](=O)[O-])c1)C(=O)Nc1ccc2c(c1)OCO2. The van der Waals surface area contributed by atoms with Crippen molar-refractivity contribution >= 4 is 23.3 Å². The molecule has 9 heteroatoms. The van der Waals surface area contributed by atoms with E-state index in [0.29, 0.717) is 17.2 Å². The van der Waals surface area contributed by atoms with E-state index in [1.54, 1.807) is 18.2 Å². The number of carbonyl (C=O) groups is 2. The Morgan fingerprint density at radius 1 is 1.19 bits per heavy atom. The predicted octanol–water partition coefficient (Wildman–Crippen LogP) is 2.51. The maximum absolute atomic E-state index is 12.2. The third-order valence-corrected chi connectivity index (χ3v) is 3.59. The zero-order valence-electron chi connectivity index (χ0n) is 13.6. The smallest absolute Gasteiger partial charge is 0.339 e. The lowest BCUT2D eigenvalue weighted by Crippen LogP contribution is -2.30. The van der Waals surface area contributed by atoms with Gasteiger partial charge in [0.05, 0.1) is 10.5 Å². The molecule has 0 spiro atoms. The zero-order valence-corrected chi connectivity index (χ0v) is 13.6. The summed E-state index contributed by atoms with van der Waals surface area (Å²) in [6, 6.07) is 9.95. The molecule has 134 valence electrons. The number of non-ortho nitro benzene ring substituents is 1. The van der Waals surface area contributed by atoms with E-state index in [1.165, 1.54) is 25.1 Å². The van der Waals surface area contributed by atoms with Crippen LogP contribution in [0.15, 0.2) is 42.5 Å². The quantitative estimate of drug-likeness (QED) is 0.496. The summed E-state index contributed by atoms with van der Waals surface area (Å²) in [6.07, 6.45) is -1.10. The summed E-state index contributed by atoms with van der Waals surface area (Å²) in [6.45, 7) is 1.52. The van der Waals surface area contributed by atoms with Gasteiger partial charge in [0.15, 0.2) is 17.6 Å². The van der Waals surface area contributed by atoms with Crippen molar-refractivity contribution in [2.75, 3.05) is 12.1 Å². The summed E-state index contributed by atoms with van der Waals surface area (Å²) in [7, 11) is 0. The van der Waals surface area contributed by atoms with E-state index in [2.05, 4.69) is 5.32 Å². The maximum atomic E-state index is 12.2. The summed E-state index contributed by atoms with van der Waals surface area (Å²) >= 11 is 0. The van der Waals surface area contributed by atoms with E-state index in [1.807, 2.05) is 0 Å². The summed E-state index contributed by atoms with van der Waals surface area (Å²) in [4.78, 5) is 34.4. The predicted molar refractivity (Wildman–Crippen MR) is 89.2 cm³/mol. The van der Waals surface area contributed by atoms with Crippen LogP contribution in [0.25, 0.3) is 0 Å². The Labute approximate surface area is 147 Å². The van der Waals surface area contributed by atoms with Crippen molar-refractivity contribution in [1.82, 2.24) is 0 Å². The third-order valence-electron chi connectivity index (χ3n) is 3.59. The highest BCUT2D eigenvalue weighted by Gasteiger charge is 2.21. The number of hydrogen-bond donors (Lipinski definition) is 1. The summed E-state index contributed by atoms with van der Waals surface area (Å²) in [5.74, 6) is -0.304. The molecule has 2 aromatic carbocycles. The van der Waals surface area contributed by atoms with E-state index in [9.17, 15) is 19.7 Å². The van der Waals surface area contributed by atoms with E-state index < -0.39 is 22.9 Å². The molecule has 1 aliphatic rings. The van der Waals surface area contributed by atoms with Crippen LogP contribution in [0, 0.1) is 10.1 Å². The van der Waals surface area contributed by atoms with Crippen LogP contribution in [0.3, 0.4) is 0 Å². The monoisotopic (exact) mass is 358 g/mol. The molecule has 0 bridgehead atoms. The minimum atomic E-state index is -1.10. The van der Waals surface area contributed by atoms with Crippen LogP contribution < -0.4 is 14.8 Å². The number of nitro benzene ring substituents is 1. The molecule has 0 aliphatic carbocycles. The number of nitrogens with one attached hydrogen (secondary N) is 1. The molecular weight excluding hydrogens is 344 g/mol. The Kier molecular flexibility index (Phi) is 4.70. The van der Waals surface area contributed by atoms with Gasteiger partial charge < -0.3 is 19.5 Å². The van der Waals surface area contributed by atoms with E-state index >= 15 is 0 Å². The number of hydrogen-bond acceptors (Lipinski definition) is 7. The van der Waals surface area contributed by atoms with Crippen molar-refractivity contribution in [3.8, 4) is 11.5 Å². The maximum Gasteiger partial charge on any atom is 0.339 e. The number of esters is 1. The standard InChI is InChI=1S/C17H14N2O7/c1-10(26-17(21)11-3-2-4-13(7-11)19(22)23)16(20)18-12-5-6-14-15(8-12)25-9-24-14/h2-8,10H,9H2,1H3,(H,18,20)/t10-/m0/s1. The molecule has 26 heavy (non-hydrogen) atoms. The fourth-order valence-electron chi connectivity index (χ4n) is 2.25. The average Bonchev–Trinajstić information content (AvgIpc) is 3.09. The first kappa shape index (κ1) is 17.2. The molecule has 0 aromatic heterocycles. The second kappa shape index (κ2) is 7.09. The van der Waals surface area contributed by atoms with Crippen molar-refractivity contribution in [2.45, 2.75) is 13.0 Å². The van der Waals surface area contributed by atoms with Crippen LogP contribution in [-0.2, 0) is 9.53 Å². The summed E-state index contributed by atoms with van der Waals surface area (Å²) < 4.78 is 15.5. The first-order chi connectivity index (χ1) is 12.4. The fourth-order valence-corrected chi connectivity index (χ4v) is 2.25. The molecule has 1 heterocycles. The first-order valence-corrected chi connectivity index (χ1v) is 7.60. The minimum absolute atomic E-state index is 0.0121. The number of nitro groups is 1. The van der Waals surface area contributed by atoms with Crippen LogP contribution >= 0.6 is 0 Å². The second-order valence-electron chi connectivity index (χ2n) is 5.41. The van der Waals surface area contributed by atoms with Gasteiger partial charge in [-0.25, -0.2) is 4.79 Å². The molecule has 1 amide bonds. The largest absolute Gasteiger partial charge is 0.454 e. The van der Waals surface area contributed by atoms with Gasteiger partial charge in [-0.1, -0.05) is 6.07 Å². The Bertz CT molecular complexity index is 881. The van der Waals surface area contributed by atoms with E-state index in [4.69, 9.17) is 14.2 Å². The lowest BCUT2D eigenvalue weighted by atomic mass is 10.2. The molecule has 3 rings (SSSR count). The highest BCUT2D eigenvalue weighted by Crippen LogP contribution is 2.34. The molecular formula is C17H14N2O7. The Morgan fingerprint density at radius 2 is 1.96 bits per heavy atom. The number of amides is 1. The lowest BCUT2D eigenvalue weighted by Gasteiger charge is -2.13. The van der Waals surface area contributed by atoms with Gasteiger partial charge in [0.1, 0.15) is 0 Å². The number of nitrogens with zero attached hydrogens (tertiary/aromatic N) is 1. The van der Waals surface area contributed by atoms with Crippen molar-refractivity contribution in [3.05, 3.63) is 58.1 Å². The van der Waals surface area contributed by atoms with E-state index in [0.717, 1.165) is 6.07 Å². The molecule has 0 saturated carbocycles. The zero-order chi connectivity index (χ0) is 18.7. The van der Waals surface area contributed by atoms with Crippen LogP contribution in [0.1, 0.15) is 17.3 Å². The molecule has 2 aromatic rings. The van der Waals surface area contributed by atoms with Gasteiger partial charge >= 0.3 is 5.97 Å². The van der Waals surface area contributed by atoms with E-state index in [-0.39, 0.29) is 18.0 Å². The Balaban J connectivity index is 1.62. The summed E-state index contributed by atoms with van der Waals surface area (Å²) in [5, 5.41) is 13.4. The van der Waals surface area contributed by atoms with Gasteiger partial charge in [0.25, 0.3) is 11.6 Å².